The molecule has 5 nitrogen and oxygen atoms in total. The van der Waals surface area contributed by atoms with Gasteiger partial charge in [-0.1, -0.05) is 60.1 Å². The van der Waals surface area contributed by atoms with Crippen LogP contribution >= 0.6 is 11.6 Å². The van der Waals surface area contributed by atoms with Crippen molar-refractivity contribution in [1.82, 2.24) is 0 Å². The van der Waals surface area contributed by atoms with Gasteiger partial charge in [0.05, 0.1) is 6.61 Å². The number of anilines is 1. The molecule has 0 fully saturated rings. The Bertz CT molecular complexity index is 1420. The molecular formula is C29H23ClN2O3. The van der Waals surface area contributed by atoms with Crippen molar-refractivity contribution in [2.24, 2.45) is 0 Å². The minimum atomic E-state index is -0.507. The van der Waals surface area contributed by atoms with Crippen LogP contribution in [0.1, 0.15) is 18.1 Å². The summed E-state index contributed by atoms with van der Waals surface area (Å²) in [7, 11) is 0. The van der Waals surface area contributed by atoms with Crippen LogP contribution in [0.3, 0.4) is 0 Å². The number of fused-ring (bicyclic) bond motifs is 1. The van der Waals surface area contributed by atoms with Gasteiger partial charge in [-0.15, -0.1) is 0 Å². The van der Waals surface area contributed by atoms with Crippen molar-refractivity contribution >= 4 is 40.0 Å². The maximum atomic E-state index is 12.9. The van der Waals surface area contributed by atoms with Gasteiger partial charge in [0.25, 0.3) is 5.91 Å². The number of nitrogens with one attached hydrogen (secondary N) is 1. The minimum Gasteiger partial charge on any atom is -0.493 e. The van der Waals surface area contributed by atoms with Crippen molar-refractivity contribution in [3.8, 4) is 17.6 Å². The van der Waals surface area contributed by atoms with Crippen LogP contribution in [0.25, 0.3) is 16.8 Å². The van der Waals surface area contributed by atoms with Crippen LogP contribution < -0.4 is 14.8 Å². The predicted molar refractivity (Wildman–Crippen MR) is 140 cm³/mol. The van der Waals surface area contributed by atoms with E-state index in [1.54, 1.807) is 30.3 Å². The molecule has 0 heterocycles. The normalized spacial score (nSPS) is 11.1. The van der Waals surface area contributed by atoms with Crippen LogP contribution in [-0.2, 0) is 11.4 Å². The third-order valence-corrected chi connectivity index (χ3v) is 5.72. The molecule has 4 aromatic carbocycles. The maximum Gasteiger partial charge on any atom is 0.266 e. The van der Waals surface area contributed by atoms with Crippen LogP contribution in [0, 0.1) is 11.3 Å². The number of rotatable bonds is 8. The molecule has 0 bridgehead atoms. The molecule has 35 heavy (non-hydrogen) atoms. The highest BCUT2D eigenvalue weighted by molar-refractivity contribution is 6.31. The van der Waals surface area contributed by atoms with E-state index in [9.17, 15) is 10.1 Å². The second-order valence-electron chi connectivity index (χ2n) is 7.66. The van der Waals surface area contributed by atoms with E-state index < -0.39 is 5.91 Å². The molecular weight excluding hydrogens is 460 g/mol. The number of ether oxygens (including phenoxy) is 2. The summed E-state index contributed by atoms with van der Waals surface area (Å²) in [5.74, 6) is 0.746. The number of hydrogen-bond acceptors (Lipinski definition) is 4. The molecule has 0 unspecified atom stereocenters. The Hall–Kier alpha value is -4.27. The van der Waals surface area contributed by atoms with Gasteiger partial charge in [-0.2, -0.15) is 5.26 Å². The molecule has 0 aliphatic heterocycles. The fourth-order valence-corrected chi connectivity index (χ4v) is 3.80. The zero-order valence-electron chi connectivity index (χ0n) is 19.1. The highest BCUT2D eigenvalue weighted by atomic mass is 35.5. The molecule has 0 saturated carbocycles. The first-order valence-electron chi connectivity index (χ1n) is 11.1. The average Bonchev–Trinajstić information content (AvgIpc) is 2.88. The summed E-state index contributed by atoms with van der Waals surface area (Å²) in [4.78, 5) is 12.9. The Labute approximate surface area is 209 Å². The Kier molecular flexibility index (Phi) is 7.67. The fourth-order valence-electron chi connectivity index (χ4n) is 3.61. The van der Waals surface area contributed by atoms with Crippen molar-refractivity contribution in [3.63, 3.8) is 0 Å². The number of nitrogens with zero attached hydrogens (tertiary/aromatic N) is 1. The topological polar surface area (TPSA) is 71.3 Å². The lowest BCUT2D eigenvalue weighted by atomic mass is 10.0. The first-order valence-corrected chi connectivity index (χ1v) is 11.5. The van der Waals surface area contributed by atoms with E-state index in [4.69, 9.17) is 21.1 Å². The van der Waals surface area contributed by atoms with Crippen LogP contribution in [0.4, 0.5) is 5.69 Å². The second-order valence-corrected chi connectivity index (χ2v) is 8.07. The van der Waals surface area contributed by atoms with Crippen molar-refractivity contribution < 1.29 is 14.3 Å². The van der Waals surface area contributed by atoms with Gasteiger partial charge in [-0.3, -0.25) is 4.79 Å². The number of halogens is 1. The van der Waals surface area contributed by atoms with Crippen LogP contribution in [0.2, 0.25) is 5.02 Å². The summed E-state index contributed by atoms with van der Waals surface area (Å²) < 4.78 is 11.5. The lowest BCUT2D eigenvalue weighted by Crippen LogP contribution is -2.13. The SMILES string of the molecule is CCOc1ccc2ccccc2c1/C=C(\C#N)C(=O)Nc1ccc(OCc2ccccc2Cl)cc1. The third kappa shape index (κ3) is 5.81. The first-order chi connectivity index (χ1) is 17.1. The molecule has 0 saturated heterocycles. The lowest BCUT2D eigenvalue weighted by Gasteiger charge is -2.12. The van der Waals surface area contributed by atoms with Crippen molar-refractivity contribution in [1.29, 1.82) is 5.26 Å². The molecule has 0 aliphatic rings. The standard InChI is InChI=1S/C29H23ClN2O3/c1-2-34-28-16-11-20-7-3-5-9-25(20)26(28)17-22(18-31)29(33)32-23-12-14-24(15-13-23)35-19-21-8-4-6-10-27(21)30/h3-17H,2,19H2,1H3,(H,32,33)/b22-17+. The van der Waals surface area contributed by atoms with Gasteiger partial charge >= 0.3 is 0 Å². The molecule has 174 valence electrons. The molecule has 1 amide bonds. The summed E-state index contributed by atoms with van der Waals surface area (Å²) >= 11 is 6.17. The number of amides is 1. The molecule has 4 aromatic rings. The van der Waals surface area contributed by atoms with E-state index in [0.29, 0.717) is 41.0 Å². The third-order valence-electron chi connectivity index (χ3n) is 5.35. The largest absolute Gasteiger partial charge is 0.493 e. The zero-order valence-corrected chi connectivity index (χ0v) is 19.9. The monoisotopic (exact) mass is 482 g/mol. The van der Waals surface area contributed by atoms with Crippen molar-refractivity contribution in [2.75, 3.05) is 11.9 Å². The van der Waals surface area contributed by atoms with E-state index in [0.717, 1.165) is 16.3 Å². The first kappa shape index (κ1) is 23.9. The van der Waals surface area contributed by atoms with Crippen molar-refractivity contribution in [2.45, 2.75) is 13.5 Å². The van der Waals surface area contributed by atoms with Gasteiger partial charge in [0, 0.05) is 21.8 Å². The Morgan fingerprint density at radius 1 is 0.971 bits per heavy atom. The fraction of sp³-hybridized carbons (Fsp3) is 0.103. The maximum absolute atomic E-state index is 12.9. The average molecular weight is 483 g/mol. The summed E-state index contributed by atoms with van der Waals surface area (Å²) in [5, 5.41) is 15.0. The Morgan fingerprint density at radius 3 is 2.46 bits per heavy atom. The van der Waals surface area contributed by atoms with E-state index in [1.165, 1.54) is 0 Å². The van der Waals surface area contributed by atoms with Gasteiger partial charge in [-0.25, -0.2) is 0 Å². The Balaban J connectivity index is 1.51. The van der Waals surface area contributed by atoms with E-state index >= 15 is 0 Å². The highest BCUT2D eigenvalue weighted by Gasteiger charge is 2.14. The lowest BCUT2D eigenvalue weighted by molar-refractivity contribution is -0.112. The van der Waals surface area contributed by atoms with Gasteiger partial charge in [0.2, 0.25) is 0 Å². The second kappa shape index (κ2) is 11.2. The van der Waals surface area contributed by atoms with E-state index in [1.807, 2.05) is 73.7 Å². The van der Waals surface area contributed by atoms with Crippen LogP contribution in [0.5, 0.6) is 11.5 Å². The van der Waals surface area contributed by atoms with E-state index in [2.05, 4.69) is 5.32 Å². The molecule has 6 heteroatoms. The predicted octanol–water partition coefficient (Wildman–Crippen LogP) is 7.02. The van der Waals surface area contributed by atoms with Crippen LogP contribution in [0.15, 0.2) is 90.5 Å². The number of carbonyl (C=O) groups excluding carboxylic acids is 1. The van der Waals surface area contributed by atoms with Gasteiger partial charge in [-0.05, 0) is 60.2 Å². The van der Waals surface area contributed by atoms with Gasteiger partial charge in [0.15, 0.2) is 0 Å². The number of hydrogen-bond donors (Lipinski definition) is 1. The van der Waals surface area contributed by atoms with E-state index in [-0.39, 0.29) is 5.57 Å². The smallest absolute Gasteiger partial charge is 0.266 e. The molecule has 0 aromatic heterocycles. The number of nitriles is 1. The van der Waals surface area contributed by atoms with Crippen molar-refractivity contribution in [3.05, 3.63) is 107 Å². The minimum absolute atomic E-state index is 0.0265. The molecule has 4 rings (SSSR count). The zero-order chi connectivity index (χ0) is 24.6. The number of carbonyl (C=O) groups is 1. The molecule has 0 atom stereocenters. The van der Waals surface area contributed by atoms with Crippen LogP contribution in [-0.4, -0.2) is 12.5 Å². The quantitative estimate of drug-likeness (QED) is 0.216. The molecule has 0 aliphatic carbocycles. The van der Waals surface area contributed by atoms with Gasteiger partial charge < -0.3 is 14.8 Å². The summed E-state index contributed by atoms with van der Waals surface area (Å²) in [6.45, 7) is 2.69. The molecule has 0 spiro atoms. The Morgan fingerprint density at radius 2 is 1.71 bits per heavy atom. The number of benzene rings is 4. The summed E-state index contributed by atoms with van der Waals surface area (Å²) in [5.41, 5.74) is 2.10. The molecule has 1 N–H and O–H groups in total. The molecule has 0 radical (unpaired) electrons. The summed E-state index contributed by atoms with van der Waals surface area (Å²) in [6, 6.07) is 28.0. The highest BCUT2D eigenvalue weighted by Crippen LogP contribution is 2.30. The van der Waals surface area contributed by atoms with Gasteiger partial charge in [0.1, 0.15) is 29.7 Å². The summed E-state index contributed by atoms with van der Waals surface area (Å²) in [6.07, 6.45) is 1.57.